The van der Waals surface area contributed by atoms with Gasteiger partial charge in [0, 0.05) is 25.7 Å². The Hall–Kier alpha value is -0.130. The number of morpholine rings is 1. The lowest BCUT2D eigenvalue weighted by atomic mass is 10.1. The Bertz CT molecular complexity index is 358. The van der Waals surface area contributed by atoms with Crippen LogP contribution >= 0.6 is 22.9 Å². The molecule has 0 bridgehead atoms. The van der Waals surface area contributed by atoms with Crippen LogP contribution in [0.5, 0.6) is 0 Å². The van der Waals surface area contributed by atoms with Gasteiger partial charge in [-0.2, -0.15) is 0 Å². The lowest BCUT2D eigenvalue weighted by molar-refractivity contribution is -0.0190. The first-order valence-electron chi connectivity index (χ1n) is 5.92. The number of nitrogens with zero attached hydrogens (tertiary/aromatic N) is 1. The molecule has 1 aromatic rings. The molecule has 1 N–H and O–H groups in total. The van der Waals surface area contributed by atoms with Crippen LogP contribution in [0.2, 0.25) is 4.34 Å². The van der Waals surface area contributed by atoms with E-state index in [0.29, 0.717) is 12.1 Å². The molecule has 0 amide bonds. The van der Waals surface area contributed by atoms with Crippen LogP contribution in [0.4, 0.5) is 0 Å². The fraction of sp³-hybridized carbons (Fsp3) is 0.667. The molecule has 0 spiro atoms. The van der Waals surface area contributed by atoms with Gasteiger partial charge in [-0.25, -0.2) is 0 Å². The first-order valence-corrected chi connectivity index (χ1v) is 7.18. The quantitative estimate of drug-likeness (QED) is 0.912. The third-order valence-electron chi connectivity index (χ3n) is 3.08. The summed E-state index contributed by atoms with van der Waals surface area (Å²) in [5.74, 6) is 0. The Morgan fingerprint density at radius 1 is 1.71 bits per heavy atom. The topological polar surface area (TPSA) is 24.5 Å². The molecule has 96 valence electrons. The van der Waals surface area contributed by atoms with Crippen molar-refractivity contribution >= 4 is 22.9 Å². The fourth-order valence-electron chi connectivity index (χ4n) is 1.97. The van der Waals surface area contributed by atoms with Crippen molar-refractivity contribution in [2.45, 2.75) is 19.1 Å². The summed E-state index contributed by atoms with van der Waals surface area (Å²) in [7, 11) is 2.14. The van der Waals surface area contributed by atoms with Gasteiger partial charge in [0.1, 0.15) is 0 Å². The van der Waals surface area contributed by atoms with E-state index in [1.54, 1.807) is 11.3 Å². The van der Waals surface area contributed by atoms with Crippen molar-refractivity contribution in [1.82, 2.24) is 10.2 Å². The highest BCUT2D eigenvalue weighted by Gasteiger charge is 2.18. The summed E-state index contributed by atoms with van der Waals surface area (Å²) in [6.45, 7) is 5.92. The predicted molar refractivity (Wildman–Crippen MR) is 73.0 cm³/mol. The van der Waals surface area contributed by atoms with Crippen molar-refractivity contribution in [3.63, 3.8) is 0 Å². The van der Waals surface area contributed by atoms with E-state index in [0.717, 1.165) is 30.6 Å². The second-order valence-electron chi connectivity index (χ2n) is 4.57. The minimum atomic E-state index is 0.297. The van der Waals surface area contributed by atoms with E-state index < -0.39 is 0 Å². The molecule has 0 aliphatic carbocycles. The lowest BCUT2D eigenvalue weighted by Crippen LogP contribution is -2.45. The van der Waals surface area contributed by atoms with Crippen LogP contribution in [0.15, 0.2) is 11.4 Å². The van der Waals surface area contributed by atoms with Crippen molar-refractivity contribution in [3.8, 4) is 0 Å². The molecule has 5 heteroatoms. The zero-order chi connectivity index (χ0) is 12.3. The largest absolute Gasteiger partial charge is 0.374 e. The second-order valence-corrected chi connectivity index (χ2v) is 6.11. The first-order chi connectivity index (χ1) is 8.15. The molecule has 0 radical (unpaired) electrons. The molecule has 3 nitrogen and oxygen atoms in total. The lowest BCUT2D eigenvalue weighted by Gasteiger charge is -2.30. The number of halogens is 1. The third kappa shape index (κ3) is 3.93. The van der Waals surface area contributed by atoms with E-state index in [4.69, 9.17) is 16.3 Å². The maximum atomic E-state index is 5.93. The number of thiophene rings is 1. The molecule has 2 heterocycles. The Morgan fingerprint density at radius 2 is 2.53 bits per heavy atom. The minimum Gasteiger partial charge on any atom is -0.374 e. The van der Waals surface area contributed by atoms with Gasteiger partial charge in [-0.05, 0) is 31.0 Å². The van der Waals surface area contributed by atoms with Gasteiger partial charge < -0.3 is 15.0 Å². The monoisotopic (exact) mass is 274 g/mol. The van der Waals surface area contributed by atoms with Gasteiger partial charge in [0.15, 0.2) is 0 Å². The molecule has 2 unspecified atom stereocenters. The van der Waals surface area contributed by atoms with Crippen LogP contribution < -0.4 is 5.32 Å². The van der Waals surface area contributed by atoms with Crippen molar-refractivity contribution in [2.24, 2.45) is 0 Å². The standard InChI is InChI=1S/C12H19ClN2OS/c1-9(10-5-12(13)17-8-10)14-6-11-7-15(2)3-4-16-11/h5,8-9,11,14H,3-4,6-7H2,1-2H3. The Balaban J connectivity index is 1.77. The maximum absolute atomic E-state index is 5.93. The van der Waals surface area contributed by atoms with Gasteiger partial charge in [-0.1, -0.05) is 11.6 Å². The highest BCUT2D eigenvalue weighted by molar-refractivity contribution is 7.14. The number of hydrogen-bond donors (Lipinski definition) is 1. The highest BCUT2D eigenvalue weighted by atomic mass is 35.5. The van der Waals surface area contributed by atoms with E-state index in [1.165, 1.54) is 5.56 Å². The molecule has 17 heavy (non-hydrogen) atoms. The molecule has 0 saturated carbocycles. The van der Waals surface area contributed by atoms with Crippen molar-refractivity contribution in [2.75, 3.05) is 33.3 Å². The van der Waals surface area contributed by atoms with Crippen LogP contribution in [0, 0.1) is 0 Å². The van der Waals surface area contributed by atoms with Crippen molar-refractivity contribution in [1.29, 1.82) is 0 Å². The number of ether oxygens (including phenoxy) is 1. The molecule has 1 saturated heterocycles. The SMILES string of the molecule is CC(NCC1CN(C)CCO1)c1csc(Cl)c1. The van der Waals surface area contributed by atoms with Gasteiger partial charge in [0.05, 0.1) is 17.0 Å². The Kier molecular flexibility index (Phi) is 4.82. The number of nitrogens with one attached hydrogen (secondary N) is 1. The zero-order valence-electron chi connectivity index (χ0n) is 10.3. The third-order valence-corrected chi connectivity index (χ3v) is 4.19. The fourth-order valence-corrected chi connectivity index (χ4v) is 2.95. The molecule has 1 fully saturated rings. The van der Waals surface area contributed by atoms with Gasteiger partial charge in [0.2, 0.25) is 0 Å². The predicted octanol–water partition coefficient (Wildman–Crippen LogP) is 2.38. The summed E-state index contributed by atoms with van der Waals surface area (Å²) in [6, 6.07) is 2.35. The Labute approximate surface area is 112 Å². The summed E-state index contributed by atoms with van der Waals surface area (Å²) in [4.78, 5) is 2.31. The summed E-state index contributed by atoms with van der Waals surface area (Å²) in [5.41, 5.74) is 1.25. The maximum Gasteiger partial charge on any atom is 0.0931 e. The smallest absolute Gasteiger partial charge is 0.0931 e. The van der Waals surface area contributed by atoms with Gasteiger partial charge in [0.25, 0.3) is 0 Å². The second kappa shape index (κ2) is 6.16. The van der Waals surface area contributed by atoms with Gasteiger partial charge >= 0.3 is 0 Å². The average molecular weight is 275 g/mol. The summed E-state index contributed by atoms with van der Waals surface area (Å²) >= 11 is 7.51. The van der Waals surface area contributed by atoms with Gasteiger partial charge in [-0.15, -0.1) is 11.3 Å². The molecule has 0 aromatic carbocycles. The van der Waals surface area contributed by atoms with Crippen molar-refractivity contribution in [3.05, 3.63) is 21.3 Å². The molecular weight excluding hydrogens is 256 g/mol. The van der Waals surface area contributed by atoms with Crippen LogP contribution in [-0.4, -0.2) is 44.3 Å². The van der Waals surface area contributed by atoms with Crippen molar-refractivity contribution < 1.29 is 4.74 Å². The number of hydrogen-bond acceptors (Lipinski definition) is 4. The first kappa shape index (κ1) is 13.3. The molecule has 1 aliphatic rings. The summed E-state index contributed by atoms with van der Waals surface area (Å²) < 4.78 is 6.56. The molecule has 1 aromatic heterocycles. The molecule has 2 rings (SSSR count). The highest BCUT2D eigenvalue weighted by Crippen LogP contribution is 2.24. The molecular formula is C12H19ClN2OS. The molecule has 1 aliphatic heterocycles. The van der Waals surface area contributed by atoms with E-state index >= 15 is 0 Å². The number of likely N-dealkylation sites (N-methyl/N-ethyl adjacent to an activating group) is 1. The van der Waals surface area contributed by atoms with Crippen LogP contribution in [0.25, 0.3) is 0 Å². The minimum absolute atomic E-state index is 0.297. The normalized spacial score (nSPS) is 23.8. The van der Waals surface area contributed by atoms with Crippen LogP contribution in [0.3, 0.4) is 0 Å². The Morgan fingerprint density at radius 3 is 3.18 bits per heavy atom. The average Bonchev–Trinajstić information content (AvgIpc) is 2.73. The van der Waals surface area contributed by atoms with E-state index in [-0.39, 0.29) is 0 Å². The van der Waals surface area contributed by atoms with Crippen LogP contribution in [0.1, 0.15) is 18.5 Å². The van der Waals surface area contributed by atoms with E-state index in [2.05, 4.69) is 29.6 Å². The molecule has 2 atom stereocenters. The summed E-state index contributed by atoms with van der Waals surface area (Å²) in [5, 5.41) is 5.60. The van der Waals surface area contributed by atoms with E-state index in [9.17, 15) is 0 Å². The van der Waals surface area contributed by atoms with Crippen LogP contribution in [-0.2, 0) is 4.74 Å². The van der Waals surface area contributed by atoms with E-state index in [1.807, 2.05) is 6.07 Å². The zero-order valence-corrected chi connectivity index (χ0v) is 11.9. The summed E-state index contributed by atoms with van der Waals surface area (Å²) in [6.07, 6.45) is 0.297. The van der Waals surface area contributed by atoms with Gasteiger partial charge in [-0.3, -0.25) is 0 Å². The number of rotatable bonds is 4.